The molecule has 0 aromatic heterocycles. The van der Waals surface area contributed by atoms with Gasteiger partial charge < -0.3 is 24.1 Å². The summed E-state index contributed by atoms with van der Waals surface area (Å²) in [5.74, 6) is 0. The minimum atomic E-state index is -0.777. The highest BCUT2D eigenvalue weighted by Gasteiger charge is 2.48. The third kappa shape index (κ3) is 3.87. The van der Waals surface area contributed by atoms with Crippen LogP contribution in [-0.2, 0) is 25.6 Å². The lowest BCUT2D eigenvalue weighted by atomic mass is 9.94. The van der Waals surface area contributed by atoms with Gasteiger partial charge in [-0.25, -0.2) is 0 Å². The molecule has 0 radical (unpaired) electrons. The number of ether oxygens (including phenoxy) is 4. The van der Waals surface area contributed by atoms with Crippen molar-refractivity contribution in [3.05, 3.63) is 83.9 Å². The Morgan fingerprint density at radius 1 is 0.933 bits per heavy atom. The van der Waals surface area contributed by atoms with Crippen LogP contribution in [0.15, 0.2) is 72.8 Å². The van der Waals surface area contributed by atoms with Gasteiger partial charge in [0.2, 0.25) is 0 Å². The maximum absolute atomic E-state index is 10.8. The summed E-state index contributed by atoms with van der Waals surface area (Å²) >= 11 is 0. The fraction of sp³-hybridized carbons (Fsp3) is 0.360. The van der Waals surface area contributed by atoms with Gasteiger partial charge in [-0.05, 0) is 29.3 Å². The maximum atomic E-state index is 10.8. The molecule has 2 saturated heterocycles. The van der Waals surface area contributed by atoms with Crippen LogP contribution in [0.5, 0.6) is 0 Å². The van der Waals surface area contributed by atoms with E-state index in [2.05, 4.69) is 30.3 Å². The molecule has 2 heterocycles. The Kier molecular flexibility index (Phi) is 5.54. The summed E-state index contributed by atoms with van der Waals surface area (Å²) in [6.07, 6.45) is -2.81. The molecule has 3 aromatic rings. The molecule has 0 spiro atoms. The van der Waals surface area contributed by atoms with Crippen molar-refractivity contribution in [2.75, 3.05) is 6.61 Å². The van der Waals surface area contributed by atoms with Crippen molar-refractivity contribution >= 4 is 10.8 Å². The van der Waals surface area contributed by atoms with E-state index in [9.17, 15) is 5.11 Å². The molecule has 0 amide bonds. The molecule has 1 N–H and O–H groups in total. The van der Waals surface area contributed by atoms with Gasteiger partial charge in [0.1, 0.15) is 24.4 Å². The predicted molar refractivity (Wildman–Crippen MR) is 113 cm³/mol. The second kappa shape index (κ2) is 8.46. The summed E-state index contributed by atoms with van der Waals surface area (Å²) in [7, 11) is 0. The average molecular weight is 406 g/mol. The van der Waals surface area contributed by atoms with Crippen molar-refractivity contribution in [2.24, 2.45) is 0 Å². The Bertz CT molecular complexity index is 991. The smallest absolute Gasteiger partial charge is 0.184 e. The number of hydrogen-bond acceptors (Lipinski definition) is 5. The number of hydrogen-bond donors (Lipinski definition) is 1. The Labute approximate surface area is 176 Å². The first kappa shape index (κ1) is 19.7. The summed E-state index contributed by atoms with van der Waals surface area (Å²) in [5.41, 5.74) is 2.00. The minimum Gasteiger partial charge on any atom is -0.388 e. The molecular weight excluding hydrogens is 380 g/mol. The summed E-state index contributed by atoms with van der Waals surface area (Å²) in [5, 5.41) is 13.2. The van der Waals surface area contributed by atoms with Gasteiger partial charge in [-0.1, -0.05) is 66.7 Å². The Balaban J connectivity index is 1.34. The third-order valence-corrected chi connectivity index (χ3v) is 5.92. The minimum absolute atomic E-state index is 0.273. The van der Waals surface area contributed by atoms with E-state index in [0.717, 1.165) is 11.1 Å². The van der Waals surface area contributed by atoms with Gasteiger partial charge in [-0.2, -0.15) is 0 Å². The zero-order valence-corrected chi connectivity index (χ0v) is 16.9. The van der Waals surface area contributed by atoms with Crippen molar-refractivity contribution in [3.8, 4) is 0 Å². The van der Waals surface area contributed by atoms with E-state index in [1.165, 1.54) is 10.8 Å². The SMILES string of the molecule is C[C@@H]1OC2COC(c3ccccc3)O[C@H]2[C@H](OCc2ccc3ccccc3c2)C1O. The van der Waals surface area contributed by atoms with E-state index in [-0.39, 0.29) is 12.2 Å². The molecule has 3 aromatic carbocycles. The molecule has 156 valence electrons. The Hall–Kier alpha value is -2.28. The molecule has 0 aliphatic carbocycles. The van der Waals surface area contributed by atoms with Gasteiger partial charge in [0, 0.05) is 5.56 Å². The molecule has 5 nitrogen and oxygen atoms in total. The zero-order chi connectivity index (χ0) is 20.5. The van der Waals surface area contributed by atoms with Crippen LogP contribution < -0.4 is 0 Å². The number of aliphatic hydroxyl groups excluding tert-OH is 1. The quantitative estimate of drug-likeness (QED) is 0.710. The Morgan fingerprint density at radius 2 is 1.70 bits per heavy atom. The molecule has 0 bridgehead atoms. The summed E-state index contributed by atoms with van der Waals surface area (Å²) in [6.45, 7) is 2.65. The second-order valence-corrected chi connectivity index (χ2v) is 8.00. The highest BCUT2D eigenvalue weighted by Crippen LogP contribution is 2.35. The van der Waals surface area contributed by atoms with E-state index >= 15 is 0 Å². The first-order chi connectivity index (χ1) is 14.7. The van der Waals surface area contributed by atoms with Crippen molar-refractivity contribution in [3.63, 3.8) is 0 Å². The first-order valence-electron chi connectivity index (χ1n) is 10.4. The number of aliphatic hydroxyl groups is 1. The van der Waals surface area contributed by atoms with Crippen LogP contribution in [-0.4, -0.2) is 42.2 Å². The van der Waals surface area contributed by atoms with Crippen molar-refractivity contribution < 1.29 is 24.1 Å². The van der Waals surface area contributed by atoms with Crippen molar-refractivity contribution in [1.29, 1.82) is 0 Å². The van der Waals surface area contributed by atoms with Crippen molar-refractivity contribution in [2.45, 2.75) is 50.3 Å². The Morgan fingerprint density at radius 3 is 2.53 bits per heavy atom. The number of rotatable bonds is 4. The lowest BCUT2D eigenvalue weighted by molar-refractivity contribution is -0.333. The van der Waals surface area contributed by atoms with Crippen LogP contribution in [0.2, 0.25) is 0 Å². The number of fused-ring (bicyclic) bond motifs is 2. The van der Waals surface area contributed by atoms with Gasteiger partial charge in [0.25, 0.3) is 0 Å². The van der Waals surface area contributed by atoms with Gasteiger partial charge in [-0.15, -0.1) is 0 Å². The lowest BCUT2D eigenvalue weighted by Crippen LogP contribution is -2.61. The van der Waals surface area contributed by atoms with Gasteiger partial charge in [0.05, 0.1) is 19.3 Å². The highest BCUT2D eigenvalue weighted by atomic mass is 16.7. The molecule has 6 atom stereocenters. The van der Waals surface area contributed by atoms with Crippen LogP contribution in [0.25, 0.3) is 10.8 Å². The summed E-state index contributed by atoms with van der Waals surface area (Å²) in [6, 6.07) is 24.3. The van der Waals surface area contributed by atoms with Gasteiger partial charge >= 0.3 is 0 Å². The first-order valence-corrected chi connectivity index (χ1v) is 10.4. The number of benzene rings is 3. The van der Waals surface area contributed by atoms with Crippen LogP contribution >= 0.6 is 0 Å². The molecular formula is C25H26O5. The van der Waals surface area contributed by atoms with Crippen LogP contribution in [0.1, 0.15) is 24.3 Å². The highest BCUT2D eigenvalue weighted by molar-refractivity contribution is 5.82. The average Bonchev–Trinajstić information content (AvgIpc) is 2.79. The summed E-state index contributed by atoms with van der Waals surface area (Å²) in [4.78, 5) is 0. The predicted octanol–water partition coefficient (Wildman–Crippen LogP) is 3.99. The largest absolute Gasteiger partial charge is 0.388 e. The van der Waals surface area contributed by atoms with Crippen LogP contribution in [0.3, 0.4) is 0 Å². The molecule has 0 saturated carbocycles. The van der Waals surface area contributed by atoms with E-state index in [4.69, 9.17) is 18.9 Å². The van der Waals surface area contributed by atoms with Crippen LogP contribution in [0, 0.1) is 0 Å². The monoisotopic (exact) mass is 406 g/mol. The fourth-order valence-electron chi connectivity index (χ4n) is 4.27. The fourth-order valence-corrected chi connectivity index (χ4v) is 4.27. The standard InChI is InChI=1S/C25H26O5/c1-16-22(26)24(27-14-17-11-12-18-7-5-6-10-20(18)13-17)23-21(29-16)15-28-25(30-23)19-8-3-2-4-9-19/h2-13,16,21-26H,14-15H2,1H3/t16-,21?,22?,23+,24+,25?/m0/s1. The topological polar surface area (TPSA) is 57.2 Å². The van der Waals surface area contributed by atoms with Crippen molar-refractivity contribution in [1.82, 2.24) is 0 Å². The van der Waals surface area contributed by atoms with Crippen LogP contribution in [0.4, 0.5) is 0 Å². The molecule has 2 aliphatic heterocycles. The van der Waals surface area contributed by atoms with E-state index in [1.807, 2.05) is 49.4 Å². The zero-order valence-electron chi connectivity index (χ0n) is 16.9. The molecule has 5 heteroatoms. The maximum Gasteiger partial charge on any atom is 0.184 e. The summed E-state index contributed by atoms with van der Waals surface area (Å²) < 4.78 is 24.3. The second-order valence-electron chi connectivity index (χ2n) is 8.00. The third-order valence-electron chi connectivity index (χ3n) is 5.92. The van der Waals surface area contributed by atoms with Gasteiger partial charge in [-0.3, -0.25) is 0 Å². The molecule has 2 fully saturated rings. The lowest BCUT2D eigenvalue weighted by Gasteiger charge is -2.47. The molecule has 3 unspecified atom stereocenters. The normalized spacial score (nSPS) is 31.4. The molecule has 2 aliphatic rings. The molecule has 30 heavy (non-hydrogen) atoms. The van der Waals surface area contributed by atoms with E-state index in [1.54, 1.807) is 0 Å². The van der Waals surface area contributed by atoms with E-state index < -0.39 is 24.6 Å². The van der Waals surface area contributed by atoms with Gasteiger partial charge in [0.15, 0.2) is 6.29 Å². The molecule has 5 rings (SSSR count). The van der Waals surface area contributed by atoms with E-state index in [0.29, 0.717) is 13.2 Å².